The van der Waals surface area contributed by atoms with Crippen LogP contribution in [0.15, 0.2) is 24.3 Å². The second-order valence-corrected chi connectivity index (χ2v) is 6.96. The van der Waals surface area contributed by atoms with Crippen molar-refractivity contribution in [2.75, 3.05) is 6.61 Å². The topological polar surface area (TPSA) is 89.5 Å². The maximum atomic E-state index is 11.9. The average molecular weight is 331 g/mol. The van der Waals surface area contributed by atoms with Crippen molar-refractivity contribution in [3.05, 3.63) is 35.4 Å². The van der Waals surface area contributed by atoms with Crippen LogP contribution in [-0.4, -0.2) is 30.2 Å². The number of imide groups is 1. The van der Waals surface area contributed by atoms with Gasteiger partial charge in [-0.2, -0.15) is 0 Å². The summed E-state index contributed by atoms with van der Waals surface area (Å²) in [5, 5.41) is 2.27. The van der Waals surface area contributed by atoms with Crippen LogP contribution in [0.1, 0.15) is 43.1 Å². The molecule has 6 nitrogen and oxygen atoms in total. The third kappa shape index (κ3) is 4.50. The fraction of sp³-hybridized carbons (Fsp3) is 0.444. The van der Waals surface area contributed by atoms with Gasteiger partial charge < -0.3 is 4.74 Å². The molecule has 128 valence electrons. The largest absolute Gasteiger partial charge is 0.454 e. The van der Waals surface area contributed by atoms with E-state index in [-0.39, 0.29) is 36.5 Å². The summed E-state index contributed by atoms with van der Waals surface area (Å²) < 4.78 is 5.02. The van der Waals surface area contributed by atoms with Gasteiger partial charge in [0.15, 0.2) is 12.4 Å². The number of esters is 1. The Morgan fingerprint density at radius 3 is 2.29 bits per heavy atom. The van der Waals surface area contributed by atoms with Crippen LogP contribution in [0.25, 0.3) is 0 Å². The Hall–Kier alpha value is -2.50. The average Bonchev–Trinajstić information content (AvgIpc) is 2.82. The molecule has 1 atom stereocenters. The Morgan fingerprint density at radius 2 is 1.79 bits per heavy atom. The van der Waals surface area contributed by atoms with E-state index in [4.69, 9.17) is 4.74 Å². The van der Waals surface area contributed by atoms with Gasteiger partial charge in [-0.25, -0.2) is 4.79 Å². The van der Waals surface area contributed by atoms with Crippen LogP contribution in [0.4, 0.5) is 0 Å². The predicted molar refractivity (Wildman–Crippen MR) is 86.1 cm³/mol. The van der Waals surface area contributed by atoms with Gasteiger partial charge >= 0.3 is 5.97 Å². The predicted octanol–water partition coefficient (Wildman–Crippen LogP) is 1.66. The number of ether oxygens (including phenoxy) is 1. The number of carbonyl (C=O) groups excluding carboxylic acids is 4. The molecule has 1 saturated heterocycles. The molecule has 0 spiro atoms. The van der Waals surface area contributed by atoms with Crippen molar-refractivity contribution in [1.29, 1.82) is 0 Å². The number of hydrogen-bond donors (Lipinski definition) is 1. The van der Waals surface area contributed by atoms with E-state index in [2.05, 4.69) is 5.32 Å². The molecule has 1 aromatic rings. The molecule has 1 aromatic carbocycles. The van der Waals surface area contributed by atoms with Crippen LogP contribution in [0, 0.1) is 11.3 Å². The molecule has 24 heavy (non-hydrogen) atoms. The van der Waals surface area contributed by atoms with Crippen molar-refractivity contribution in [3.8, 4) is 0 Å². The minimum atomic E-state index is -0.562. The van der Waals surface area contributed by atoms with Gasteiger partial charge in [-0.3, -0.25) is 19.7 Å². The second kappa shape index (κ2) is 6.95. The van der Waals surface area contributed by atoms with Crippen molar-refractivity contribution in [2.24, 2.45) is 11.3 Å². The van der Waals surface area contributed by atoms with Gasteiger partial charge in [0.2, 0.25) is 11.8 Å². The van der Waals surface area contributed by atoms with Crippen molar-refractivity contribution >= 4 is 23.6 Å². The highest BCUT2D eigenvalue weighted by atomic mass is 16.5. The van der Waals surface area contributed by atoms with Gasteiger partial charge in [0.05, 0.1) is 11.5 Å². The molecule has 0 saturated carbocycles. The lowest BCUT2D eigenvalue weighted by molar-refractivity contribution is -0.129. The molecule has 0 unspecified atom stereocenters. The summed E-state index contributed by atoms with van der Waals surface area (Å²) in [6, 6.07) is 6.62. The first-order valence-electron chi connectivity index (χ1n) is 7.80. The lowest BCUT2D eigenvalue weighted by Crippen LogP contribution is -2.26. The number of nitrogens with one attached hydrogen (secondary N) is 1. The van der Waals surface area contributed by atoms with Crippen LogP contribution < -0.4 is 5.32 Å². The monoisotopic (exact) mass is 331 g/mol. The first-order chi connectivity index (χ1) is 11.2. The minimum absolute atomic E-state index is 0.149. The lowest BCUT2D eigenvalue weighted by Gasteiger charge is -2.16. The Bertz CT molecular complexity index is 670. The molecule has 0 aliphatic carbocycles. The zero-order chi connectivity index (χ0) is 17.9. The highest BCUT2D eigenvalue weighted by Gasteiger charge is 2.30. The van der Waals surface area contributed by atoms with E-state index in [1.807, 2.05) is 0 Å². The molecular weight excluding hydrogens is 310 g/mol. The quantitative estimate of drug-likeness (QED) is 0.655. The highest BCUT2D eigenvalue weighted by Crippen LogP contribution is 2.18. The summed E-state index contributed by atoms with van der Waals surface area (Å²) >= 11 is 0. The van der Waals surface area contributed by atoms with E-state index >= 15 is 0 Å². The Morgan fingerprint density at radius 1 is 1.17 bits per heavy atom. The Balaban J connectivity index is 1.92. The first kappa shape index (κ1) is 17.8. The number of hydrogen-bond acceptors (Lipinski definition) is 5. The molecule has 1 fully saturated rings. The Kier molecular flexibility index (Phi) is 5.17. The fourth-order valence-corrected chi connectivity index (χ4v) is 2.26. The number of ketones is 1. The Labute approximate surface area is 140 Å². The van der Waals surface area contributed by atoms with Crippen LogP contribution in [0.5, 0.6) is 0 Å². The number of amides is 2. The number of rotatable bonds is 5. The number of carbonyl (C=O) groups is 4. The van der Waals surface area contributed by atoms with Crippen molar-refractivity contribution < 1.29 is 23.9 Å². The molecule has 6 heteroatoms. The van der Waals surface area contributed by atoms with Crippen molar-refractivity contribution in [3.63, 3.8) is 0 Å². The summed E-state index contributed by atoms with van der Waals surface area (Å²) in [6.07, 6.45) is 0.632. The van der Waals surface area contributed by atoms with Gasteiger partial charge in [-0.05, 0) is 24.1 Å². The standard InChI is InChI=1S/C18H21NO5/c1-18(2,3)14(20)10-24-17(23)12-6-4-11(5-7-12)8-13-9-15(21)19-16(13)22/h4-7,13H,8-10H2,1-3H3,(H,19,21,22)/t13-/m1/s1. The third-order valence-electron chi connectivity index (χ3n) is 3.91. The van der Waals surface area contributed by atoms with Gasteiger partial charge in [0.1, 0.15) is 0 Å². The molecular formula is C18H21NO5. The van der Waals surface area contributed by atoms with Gasteiger partial charge in [0.25, 0.3) is 0 Å². The van der Waals surface area contributed by atoms with E-state index in [0.717, 1.165) is 5.56 Å². The second-order valence-electron chi connectivity index (χ2n) is 6.96. The molecule has 2 amide bonds. The van der Waals surface area contributed by atoms with Crippen molar-refractivity contribution in [1.82, 2.24) is 5.32 Å². The van der Waals surface area contributed by atoms with Gasteiger partial charge in [0, 0.05) is 11.8 Å². The zero-order valence-electron chi connectivity index (χ0n) is 14.0. The summed E-state index contributed by atoms with van der Waals surface area (Å²) in [6.45, 7) is 5.04. The van der Waals surface area contributed by atoms with Gasteiger partial charge in [-0.1, -0.05) is 32.9 Å². The number of benzene rings is 1. The summed E-state index contributed by atoms with van der Waals surface area (Å²) in [5.74, 6) is -1.59. The van der Waals surface area contributed by atoms with E-state index in [0.29, 0.717) is 12.0 Å². The SMILES string of the molecule is CC(C)(C)C(=O)COC(=O)c1ccc(C[C@@H]2CC(=O)NC2=O)cc1. The molecule has 0 bridgehead atoms. The normalized spacial score (nSPS) is 17.5. The van der Waals surface area contributed by atoms with E-state index < -0.39 is 11.4 Å². The van der Waals surface area contributed by atoms with Crippen molar-refractivity contribution in [2.45, 2.75) is 33.6 Å². The van der Waals surface area contributed by atoms with Crippen LogP contribution in [0.3, 0.4) is 0 Å². The van der Waals surface area contributed by atoms with E-state index in [9.17, 15) is 19.2 Å². The summed E-state index contributed by atoms with van der Waals surface area (Å²) in [5.41, 5.74) is 0.642. The molecule has 1 aliphatic heterocycles. The highest BCUT2D eigenvalue weighted by molar-refractivity contribution is 6.03. The summed E-state index contributed by atoms with van der Waals surface area (Å²) in [7, 11) is 0. The zero-order valence-corrected chi connectivity index (χ0v) is 14.0. The lowest BCUT2D eigenvalue weighted by atomic mass is 9.91. The van der Waals surface area contributed by atoms with Crippen LogP contribution >= 0.6 is 0 Å². The third-order valence-corrected chi connectivity index (χ3v) is 3.91. The van der Waals surface area contributed by atoms with Crippen LogP contribution in [-0.2, 0) is 25.5 Å². The smallest absolute Gasteiger partial charge is 0.338 e. The van der Waals surface area contributed by atoms with E-state index in [1.54, 1.807) is 45.0 Å². The molecule has 0 radical (unpaired) electrons. The van der Waals surface area contributed by atoms with Crippen LogP contribution in [0.2, 0.25) is 0 Å². The maximum absolute atomic E-state index is 11.9. The molecule has 0 aromatic heterocycles. The number of Topliss-reactive ketones (excluding diaryl/α,β-unsaturated/α-hetero) is 1. The minimum Gasteiger partial charge on any atom is -0.454 e. The maximum Gasteiger partial charge on any atom is 0.338 e. The molecule has 1 heterocycles. The fourth-order valence-electron chi connectivity index (χ4n) is 2.26. The van der Waals surface area contributed by atoms with Gasteiger partial charge in [-0.15, -0.1) is 0 Å². The van der Waals surface area contributed by atoms with E-state index in [1.165, 1.54) is 0 Å². The molecule has 1 N–H and O–H groups in total. The molecule has 1 aliphatic rings. The summed E-state index contributed by atoms with van der Waals surface area (Å²) in [4.78, 5) is 46.4. The first-order valence-corrected chi connectivity index (χ1v) is 7.80. The molecule has 2 rings (SSSR count).